The first-order valence-corrected chi connectivity index (χ1v) is 6.06. The molecule has 0 saturated heterocycles. The van der Waals surface area contributed by atoms with Gasteiger partial charge in [-0.05, 0) is 28.8 Å². The lowest BCUT2D eigenvalue weighted by atomic mass is 10.0. The van der Waals surface area contributed by atoms with E-state index in [0.29, 0.717) is 5.56 Å². The molecule has 2 rings (SSSR count). The van der Waals surface area contributed by atoms with Gasteiger partial charge in [-0.3, -0.25) is 0 Å². The van der Waals surface area contributed by atoms with Crippen molar-refractivity contribution in [3.8, 4) is 11.1 Å². The van der Waals surface area contributed by atoms with Crippen LogP contribution in [0.3, 0.4) is 0 Å². The van der Waals surface area contributed by atoms with E-state index in [9.17, 15) is 13.2 Å². The lowest BCUT2D eigenvalue weighted by Crippen LogP contribution is -2.14. The van der Waals surface area contributed by atoms with Gasteiger partial charge in [0.25, 0.3) is 0 Å². The third-order valence-electron chi connectivity index (χ3n) is 3.08. The summed E-state index contributed by atoms with van der Waals surface area (Å²) in [5, 5.41) is 8.95. The zero-order valence-electron chi connectivity index (χ0n) is 10.6. The quantitative estimate of drug-likeness (QED) is 0.906. The van der Waals surface area contributed by atoms with Gasteiger partial charge in [0.15, 0.2) is 0 Å². The summed E-state index contributed by atoms with van der Waals surface area (Å²) in [4.78, 5) is 0. The maximum absolute atomic E-state index is 12.5. The molecule has 0 aliphatic rings. The smallest absolute Gasteiger partial charge is 0.394 e. The molecule has 5 heteroatoms. The van der Waals surface area contributed by atoms with Crippen molar-refractivity contribution in [1.29, 1.82) is 0 Å². The molecule has 0 radical (unpaired) electrons. The van der Waals surface area contributed by atoms with Gasteiger partial charge < -0.3 is 10.8 Å². The highest BCUT2D eigenvalue weighted by molar-refractivity contribution is 5.64. The van der Waals surface area contributed by atoms with Crippen molar-refractivity contribution in [3.63, 3.8) is 0 Å². The van der Waals surface area contributed by atoms with Crippen LogP contribution in [0, 0.1) is 0 Å². The van der Waals surface area contributed by atoms with Gasteiger partial charge in [-0.1, -0.05) is 36.4 Å². The summed E-state index contributed by atoms with van der Waals surface area (Å²) in [7, 11) is 0. The van der Waals surface area contributed by atoms with Crippen molar-refractivity contribution in [3.05, 3.63) is 59.7 Å². The maximum Gasteiger partial charge on any atom is 0.416 e. The minimum absolute atomic E-state index is 0.153. The molecule has 0 unspecified atom stereocenters. The van der Waals surface area contributed by atoms with Gasteiger partial charge in [0.1, 0.15) is 0 Å². The van der Waals surface area contributed by atoms with E-state index in [1.807, 2.05) is 0 Å². The zero-order valence-corrected chi connectivity index (χ0v) is 10.6. The predicted octanol–water partition coefficient (Wildman–Crippen LogP) is 3.36. The summed E-state index contributed by atoms with van der Waals surface area (Å²) in [6, 6.07) is 11.6. The summed E-state index contributed by atoms with van der Waals surface area (Å²) >= 11 is 0. The van der Waals surface area contributed by atoms with Crippen LogP contribution in [0.15, 0.2) is 48.5 Å². The van der Waals surface area contributed by atoms with E-state index in [0.717, 1.165) is 23.3 Å². The topological polar surface area (TPSA) is 46.2 Å². The van der Waals surface area contributed by atoms with Crippen molar-refractivity contribution >= 4 is 0 Å². The van der Waals surface area contributed by atoms with Gasteiger partial charge in [0, 0.05) is 0 Å². The Balaban J connectivity index is 2.24. The molecule has 0 heterocycles. The standard InChI is InChI=1S/C15H14F3NO/c16-15(17,18)13-7-5-11(6-8-13)10-1-3-12(4-2-10)14(19)9-20/h1-8,14,20H,9,19H2/t14-/m0/s1. The predicted molar refractivity (Wildman–Crippen MR) is 70.9 cm³/mol. The Hall–Kier alpha value is -1.85. The number of alkyl halides is 3. The molecule has 0 spiro atoms. The molecule has 0 amide bonds. The third kappa shape index (κ3) is 3.18. The number of hydrogen-bond acceptors (Lipinski definition) is 2. The average molecular weight is 281 g/mol. The minimum Gasteiger partial charge on any atom is -0.394 e. The Kier molecular flexibility index (Phi) is 4.11. The van der Waals surface area contributed by atoms with Gasteiger partial charge in [-0.25, -0.2) is 0 Å². The molecule has 0 aliphatic carbocycles. The first-order valence-electron chi connectivity index (χ1n) is 6.06. The fourth-order valence-corrected chi connectivity index (χ4v) is 1.88. The summed E-state index contributed by atoms with van der Waals surface area (Å²) in [5.74, 6) is 0. The van der Waals surface area contributed by atoms with Crippen molar-refractivity contribution in [2.24, 2.45) is 5.73 Å². The van der Waals surface area contributed by atoms with Crippen molar-refractivity contribution in [2.75, 3.05) is 6.61 Å². The number of nitrogens with two attached hydrogens (primary N) is 1. The third-order valence-corrected chi connectivity index (χ3v) is 3.08. The van der Waals surface area contributed by atoms with Crippen LogP contribution in [0.4, 0.5) is 13.2 Å². The number of aliphatic hydroxyl groups excluding tert-OH is 1. The molecule has 2 aromatic rings. The van der Waals surface area contributed by atoms with Crippen molar-refractivity contribution in [2.45, 2.75) is 12.2 Å². The summed E-state index contributed by atoms with van der Waals surface area (Å²) in [6.45, 7) is -0.153. The van der Waals surface area contributed by atoms with E-state index in [4.69, 9.17) is 10.8 Å². The van der Waals surface area contributed by atoms with Crippen LogP contribution in [0.1, 0.15) is 17.2 Å². The van der Waals surface area contributed by atoms with Crippen LogP contribution in [0.2, 0.25) is 0 Å². The molecule has 20 heavy (non-hydrogen) atoms. The van der Waals surface area contributed by atoms with Gasteiger partial charge in [-0.15, -0.1) is 0 Å². The fraction of sp³-hybridized carbons (Fsp3) is 0.200. The monoisotopic (exact) mass is 281 g/mol. The first-order chi connectivity index (χ1) is 9.41. The summed E-state index contributed by atoms with van der Waals surface area (Å²) < 4.78 is 37.4. The van der Waals surface area contributed by atoms with Crippen molar-refractivity contribution < 1.29 is 18.3 Å². The van der Waals surface area contributed by atoms with Crippen LogP contribution < -0.4 is 5.73 Å². The molecule has 0 bridgehead atoms. The highest BCUT2D eigenvalue weighted by atomic mass is 19.4. The highest BCUT2D eigenvalue weighted by Gasteiger charge is 2.29. The molecule has 0 saturated carbocycles. The molecular formula is C15H14F3NO. The first kappa shape index (κ1) is 14.6. The molecule has 2 aromatic carbocycles. The second kappa shape index (κ2) is 5.64. The molecule has 2 nitrogen and oxygen atoms in total. The van der Waals surface area contributed by atoms with E-state index in [1.54, 1.807) is 24.3 Å². The lowest BCUT2D eigenvalue weighted by molar-refractivity contribution is -0.137. The lowest BCUT2D eigenvalue weighted by Gasteiger charge is -2.10. The number of benzene rings is 2. The Morgan fingerprint density at radius 3 is 1.75 bits per heavy atom. The minimum atomic E-state index is -4.32. The normalized spacial score (nSPS) is 13.2. The van der Waals surface area contributed by atoms with E-state index in [2.05, 4.69) is 0 Å². The largest absolute Gasteiger partial charge is 0.416 e. The zero-order chi connectivity index (χ0) is 14.8. The summed E-state index contributed by atoms with van der Waals surface area (Å²) in [6.07, 6.45) is -4.32. The van der Waals surface area contributed by atoms with Crippen LogP contribution in [-0.2, 0) is 6.18 Å². The molecule has 1 atom stereocenters. The molecule has 0 aromatic heterocycles. The molecular weight excluding hydrogens is 267 g/mol. The highest BCUT2D eigenvalue weighted by Crippen LogP contribution is 2.31. The van der Waals surface area contributed by atoms with Crippen molar-refractivity contribution in [1.82, 2.24) is 0 Å². The Labute approximate surface area is 114 Å². The number of rotatable bonds is 3. The van der Waals surface area contributed by atoms with Crippen LogP contribution in [0.25, 0.3) is 11.1 Å². The number of halogens is 3. The number of aliphatic hydroxyl groups is 1. The van der Waals surface area contributed by atoms with Gasteiger partial charge >= 0.3 is 6.18 Å². The SMILES string of the molecule is N[C@@H](CO)c1ccc(-c2ccc(C(F)(F)F)cc2)cc1. The van der Waals surface area contributed by atoms with Gasteiger partial charge in [0.05, 0.1) is 18.2 Å². The molecule has 3 N–H and O–H groups in total. The summed E-state index contributed by atoms with van der Waals surface area (Å²) in [5.41, 5.74) is 7.29. The molecule has 0 aliphatic heterocycles. The van der Waals surface area contributed by atoms with E-state index < -0.39 is 17.8 Å². The average Bonchev–Trinajstić information content (AvgIpc) is 2.46. The van der Waals surface area contributed by atoms with E-state index in [-0.39, 0.29) is 6.61 Å². The van der Waals surface area contributed by atoms with E-state index >= 15 is 0 Å². The van der Waals surface area contributed by atoms with E-state index in [1.165, 1.54) is 12.1 Å². The maximum atomic E-state index is 12.5. The van der Waals surface area contributed by atoms with Crippen LogP contribution in [-0.4, -0.2) is 11.7 Å². The Morgan fingerprint density at radius 1 is 0.900 bits per heavy atom. The van der Waals surface area contributed by atoms with Crippen LogP contribution >= 0.6 is 0 Å². The Morgan fingerprint density at radius 2 is 1.35 bits per heavy atom. The van der Waals surface area contributed by atoms with Crippen LogP contribution in [0.5, 0.6) is 0 Å². The van der Waals surface area contributed by atoms with Gasteiger partial charge in [-0.2, -0.15) is 13.2 Å². The van der Waals surface area contributed by atoms with Gasteiger partial charge in [0.2, 0.25) is 0 Å². The second-order valence-electron chi connectivity index (χ2n) is 4.49. The fourth-order valence-electron chi connectivity index (χ4n) is 1.88. The molecule has 0 fully saturated rings. The second-order valence-corrected chi connectivity index (χ2v) is 4.49. The molecule has 106 valence electrons. The number of hydrogen-bond donors (Lipinski definition) is 2. The Bertz CT molecular complexity index is 561.